The van der Waals surface area contributed by atoms with E-state index in [4.69, 9.17) is 0 Å². The highest BCUT2D eigenvalue weighted by atomic mass is 127. The molecule has 0 saturated carbocycles. The van der Waals surface area contributed by atoms with Gasteiger partial charge in [-0.1, -0.05) is 29.5 Å². The van der Waals surface area contributed by atoms with Gasteiger partial charge in [0.15, 0.2) is 0 Å². The van der Waals surface area contributed by atoms with Crippen LogP contribution in [-0.4, -0.2) is 16.2 Å². The van der Waals surface area contributed by atoms with Crippen LogP contribution < -0.4 is 0 Å². The first-order valence-corrected chi connectivity index (χ1v) is 8.33. The van der Waals surface area contributed by atoms with Crippen LogP contribution in [0.15, 0.2) is 23.5 Å². The topological polar surface area (TPSA) is 41.0 Å². The summed E-state index contributed by atoms with van der Waals surface area (Å²) in [5.41, 5.74) is 1.32. The minimum Gasteiger partial charge on any atom is -0.331 e. The summed E-state index contributed by atoms with van der Waals surface area (Å²) >= 11 is 4.28. The lowest BCUT2D eigenvalue weighted by Gasteiger charge is -2.06. The molecular weight excluding hydrogens is 369 g/mol. The quantitative estimate of drug-likeness (QED) is 0.368. The van der Waals surface area contributed by atoms with Crippen LogP contribution in [0, 0.1) is 0 Å². The number of thiophene rings is 1. The molecule has 0 aliphatic rings. The van der Waals surface area contributed by atoms with Crippen LogP contribution in [0.2, 0.25) is 0 Å². The molecule has 0 radical (unpaired) electrons. The highest BCUT2D eigenvalue weighted by molar-refractivity contribution is 14.1. The zero-order chi connectivity index (χ0) is 13.4. The van der Waals surface area contributed by atoms with Gasteiger partial charge < -0.3 is 4.98 Å². The number of nitrogens with one attached hydrogen (secondary N) is 1. The second-order valence-electron chi connectivity index (χ2n) is 4.33. The first-order chi connectivity index (χ1) is 9.26. The van der Waals surface area contributed by atoms with E-state index in [0.29, 0.717) is 3.92 Å². The molecule has 5 heteroatoms. The van der Waals surface area contributed by atoms with Crippen molar-refractivity contribution in [1.82, 2.24) is 9.97 Å². The minimum absolute atomic E-state index is 0.461. The third kappa shape index (κ3) is 2.08. The van der Waals surface area contributed by atoms with Crippen LogP contribution >= 0.6 is 33.9 Å². The van der Waals surface area contributed by atoms with Crippen molar-refractivity contribution in [3.05, 3.63) is 24.0 Å². The Kier molecular flexibility index (Phi) is 3.58. The van der Waals surface area contributed by atoms with Crippen molar-refractivity contribution in [1.29, 1.82) is 0 Å². The maximum atomic E-state index is 4.49. The summed E-state index contributed by atoms with van der Waals surface area (Å²) < 4.78 is 1.74. The number of aromatic nitrogens is 2. The predicted octanol–water partition coefficient (Wildman–Crippen LogP) is 5.39. The summed E-state index contributed by atoms with van der Waals surface area (Å²) in [5.74, 6) is 0.996. The highest BCUT2D eigenvalue weighted by Gasteiger charge is 2.20. The van der Waals surface area contributed by atoms with Crippen molar-refractivity contribution >= 4 is 66.3 Å². The van der Waals surface area contributed by atoms with Gasteiger partial charge in [-0.05, 0) is 19.4 Å². The van der Waals surface area contributed by atoms with Crippen LogP contribution in [0.5, 0.6) is 0 Å². The van der Waals surface area contributed by atoms with E-state index >= 15 is 0 Å². The van der Waals surface area contributed by atoms with Gasteiger partial charge in [0, 0.05) is 43.6 Å². The number of aliphatic imine (C=N–C) groups is 1. The average Bonchev–Trinajstić information content (AvgIpc) is 2.93. The van der Waals surface area contributed by atoms with E-state index in [0.717, 1.165) is 12.2 Å². The molecule has 0 bridgehead atoms. The number of fused-ring (bicyclic) bond motifs is 3. The van der Waals surface area contributed by atoms with Gasteiger partial charge in [0.25, 0.3) is 0 Å². The lowest BCUT2D eigenvalue weighted by atomic mass is 10.1. The second-order valence-corrected chi connectivity index (χ2v) is 6.88. The van der Waals surface area contributed by atoms with Crippen molar-refractivity contribution < 1.29 is 0 Å². The molecule has 0 aliphatic carbocycles. The maximum Gasteiger partial charge on any atom is 0.135 e. The molecule has 3 aromatic rings. The number of halogens is 1. The van der Waals surface area contributed by atoms with Crippen molar-refractivity contribution in [3.63, 3.8) is 0 Å². The SMILES string of the molecule is CC=Nc1[nH]c2sc3ccncc3c2c1C(I)CC. The Balaban J connectivity index is 2.40. The number of hydrogen-bond acceptors (Lipinski definition) is 3. The molecule has 0 amide bonds. The zero-order valence-electron chi connectivity index (χ0n) is 10.8. The number of nitrogens with zero attached hydrogens (tertiary/aromatic N) is 2. The fourth-order valence-electron chi connectivity index (χ4n) is 2.33. The molecule has 3 heterocycles. The van der Waals surface area contributed by atoms with E-state index in [1.54, 1.807) is 11.3 Å². The fourth-order valence-corrected chi connectivity index (χ4v) is 4.02. The Hall–Kier alpha value is -0.950. The third-order valence-corrected chi connectivity index (χ3v) is 5.77. The average molecular weight is 383 g/mol. The molecule has 1 atom stereocenters. The van der Waals surface area contributed by atoms with E-state index in [2.05, 4.69) is 50.5 Å². The van der Waals surface area contributed by atoms with E-state index in [1.165, 1.54) is 25.9 Å². The monoisotopic (exact) mass is 383 g/mol. The van der Waals surface area contributed by atoms with E-state index in [-0.39, 0.29) is 0 Å². The second kappa shape index (κ2) is 5.20. The predicted molar refractivity (Wildman–Crippen MR) is 92.4 cm³/mol. The minimum atomic E-state index is 0.461. The lowest BCUT2D eigenvalue weighted by molar-refractivity contribution is 0.935. The Bertz CT molecular complexity index is 757. The molecule has 0 saturated heterocycles. The smallest absolute Gasteiger partial charge is 0.135 e. The van der Waals surface area contributed by atoms with Crippen molar-refractivity contribution in [2.24, 2.45) is 4.99 Å². The lowest BCUT2D eigenvalue weighted by Crippen LogP contribution is -1.86. The van der Waals surface area contributed by atoms with Crippen LogP contribution in [0.25, 0.3) is 20.3 Å². The first kappa shape index (κ1) is 13.1. The summed E-state index contributed by atoms with van der Waals surface area (Å²) in [4.78, 5) is 13.4. The zero-order valence-corrected chi connectivity index (χ0v) is 13.7. The number of aromatic amines is 1. The summed E-state index contributed by atoms with van der Waals surface area (Å²) in [7, 11) is 0. The van der Waals surface area contributed by atoms with Gasteiger partial charge in [-0.3, -0.25) is 4.98 Å². The van der Waals surface area contributed by atoms with Crippen LogP contribution in [-0.2, 0) is 0 Å². The van der Waals surface area contributed by atoms with Crippen molar-refractivity contribution in [3.8, 4) is 0 Å². The fraction of sp³-hybridized carbons (Fsp3) is 0.286. The molecule has 1 N–H and O–H groups in total. The van der Waals surface area contributed by atoms with Crippen LogP contribution in [0.3, 0.4) is 0 Å². The number of pyridine rings is 1. The van der Waals surface area contributed by atoms with Gasteiger partial charge in [-0.2, -0.15) is 0 Å². The normalized spacial score (nSPS) is 13.8. The van der Waals surface area contributed by atoms with E-state index < -0.39 is 0 Å². The molecule has 98 valence electrons. The Labute approximate surface area is 129 Å². The van der Waals surface area contributed by atoms with Gasteiger partial charge in [0.05, 0.1) is 0 Å². The van der Waals surface area contributed by atoms with Crippen LogP contribution in [0.4, 0.5) is 5.82 Å². The summed E-state index contributed by atoms with van der Waals surface area (Å²) in [5, 5.41) is 2.54. The van der Waals surface area contributed by atoms with E-state index in [1.807, 2.05) is 25.5 Å². The Morgan fingerprint density at radius 3 is 3.16 bits per heavy atom. The first-order valence-electron chi connectivity index (χ1n) is 6.27. The van der Waals surface area contributed by atoms with Crippen molar-refractivity contribution in [2.75, 3.05) is 0 Å². The molecule has 0 aliphatic heterocycles. The Morgan fingerprint density at radius 1 is 1.58 bits per heavy atom. The van der Waals surface area contributed by atoms with Crippen molar-refractivity contribution in [2.45, 2.75) is 24.2 Å². The molecule has 0 spiro atoms. The largest absolute Gasteiger partial charge is 0.331 e. The standard InChI is InChI=1S/C14H14IN3S/c1-3-9(15)12-11-8-7-16-6-5-10(8)19-14(11)18-13(12)17-4-2/h4-7,9,18H,3H2,1-2H3. The summed E-state index contributed by atoms with van der Waals surface area (Å²) in [6.45, 7) is 4.16. The molecule has 1 unspecified atom stereocenters. The third-order valence-electron chi connectivity index (χ3n) is 3.18. The van der Waals surface area contributed by atoms with Gasteiger partial charge in [-0.25, -0.2) is 4.99 Å². The molecule has 0 fully saturated rings. The molecule has 3 aromatic heterocycles. The molecular formula is C14H14IN3S. The van der Waals surface area contributed by atoms with E-state index in [9.17, 15) is 0 Å². The molecule has 3 nitrogen and oxygen atoms in total. The van der Waals surface area contributed by atoms with Gasteiger partial charge in [-0.15, -0.1) is 11.3 Å². The molecule has 19 heavy (non-hydrogen) atoms. The number of rotatable bonds is 3. The number of H-pyrrole nitrogens is 1. The maximum absolute atomic E-state index is 4.49. The molecule has 3 rings (SSSR count). The number of hydrogen-bond donors (Lipinski definition) is 1. The summed E-state index contributed by atoms with van der Waals surface area (Å²) in [6, 6.07) is 2.08. The van der Waals surface area contributed by atoms with Gasteiger partial charge in [0.1, 0.15) is 10.6 Å². The highest BCUT2D eigenvalue weighted by Crippen LogP contribution is 2.45. The Morgan fingerprint density at radius 2 is 2.42 bits per heavy atom. The molecule has 0 aromatic carbocycles. The van der Waals surface area contributed by atoms with Gasteiger partial charge >= 0.3 is 0 Å². The summed E-state index contributed by atoms with van der Waals surface area (Å²) in [6.07, 6.45) is 6.75. The number of alkyl halides is 1. The van der Waals surface area contributed by atoms with Crippen LogP contribution in [0.1, 0.15) is 29.8 Å². The van der Waals surface area contributed by atoms with Gasteiger partial charge in [0.2, 0.25) is 0 Å².